The molecule has 26 heavy (non-hydrogen) atoms. The quantitative estimate of drug-likeness (QED) is 0.485. The van der Waals surface area contributed by atoms with Crippen LogP contribution in [-0.2, 0) is 9.47 Å². The first-order chi connectivity index (χ1) is 12.8. The number of benzene rings is 2. The van der Waals surface area contributed by atoms with Gasteiger partial charge in [0.05, 0.1) is 26.4 Å². The maximum absolute atomic E-state index is 5.59. The zero-order chi connectivity index (χ0) is 18.3. The lowest BCUT2D eigenvalue weighted by molar-refractivity contribution is 0.0630. The van der Waals surface area contributed by atoms with Gasteiger partial charge in [-0.1, -0.05) is 36.4 Å². The average Bonchev–Trinajstić information content (AvgIpc) is 2.69. The molecule has 2 rings (SSSR count). The summed E-state index contributed by atoms with van der Waals surface area (Å²) >= 11 is 0. The van der Waals surface area contributed by atoms with E-state index in [1.54, 1.807) is 0 Å². The lowest BCUT2D eigenvalue weighted by Gasteiger charge is -2.16. The molecule has 0 unspecified atom stereocenters. The molecule has 142 valence electrons. The molecule has 0 fully saturated rings. The zero-order valence-corrected chi connectivity index (χ0v) is 15.5. The Labute approximate surface area is 156 Å². The van der Waals surface area contributed by atoms with Gasteiger partial charge in [0.2, 0.25) is 0 Å². The molecule has 0 saturated carbocycles. The molecule has 0 aromatic heterocycles. The van der Waals surface area contributed by atoms with Crippen LogP contribution in [0.25, 0.3) is 0 Å². The number of likely N-dealkylation sites (N-methyl/N-ethyl adjacent to an activating group) is 1. The van der Waals surface area contributed by atoms with E-state index in [9.17, 15) is 0 Å². The summed E-state index contributed by atoms with van der Waals surface area (Å²) < 4.78 is 22.3. The van der Waals surface area contributed by atoms with Crippen LogP contribution >= 0.6 is 0 Å². The molecule has 2 aromatic rings. The van der Waals surface area contributed by atoms with Gasteiger partial charge >= 0.3 is 0 Å². The summed E-state index contributed by atoms with van der Waals surface area (Å²) in [4.78, 5) is 2.19. The number of hydrogen-bond acceptors (Lipinski definition) is 5. The first kappa shape index (κ1) is 20.2. The molecule has 0 atom stereocenters. The summed E-state index contributed by atoms with van der Waals surface area (Å²) in [6, 6.07) is 19.6. The number of hydrogen-bond donors (Lipinski definition) is 0. The van der Waals surface area contributed by atoms with Crippen molar-refractivity contribution in [1.29, 1.82) is 0 Å². The standard InChI is InChI=1S/C21H29NO4/c1-22(12-14-23-16-18-25-20-8-4-2-5-9-20)13-15-24-17-19-26-21-10-6-3-7-11-21/h2-11H,12-19H2,1H3. The highest BCUT2D eigenvalue weighted by Crippen LogP contribution is 2.08. The van der Waals surface area contributed by atoms with Gasteiger partial charge in [0.1, 0.15) is 24.7 Å². The summed E-state index contributed by atoms with van der Waals surface area (Å²) in [5.74, 6) is 1.75. The van der Waals surface area contributed by atoms with E-state index in [0.29, 0.717) is 39.6 Å². The van der Waals surface area contributed by atoms with E-state index >= 15 is 0 Å². The molecular formula is C21H29NO4. The molecule has 0 bridgehead atoms. The van der Waals surface area contributed by atoms with Crippen molar-refractivity contribution in [2.24, 2.45) is 0 Å². The predicted molar refractivity (Wildman–Crippen MR) is 103 cm³/mol. The first-order valence-corrected chi connectivity index (χ1v) is 9.04. The summed E-state index contributed by atoms with van der Waals surface area (Å²) in [6.45, 7) is 5.44. The van der Waals surface area contributed by atoms with Crippen LogP contribution in [0.2, 0.25) is 0 Å². The zero-order valence-electron chi connectivity index (χ0n) is 15.5. The van der Waals surface area contributed by atoms with Gasteiger partial charge in [0, 0.05) is 13.1 Å². The van der Waals surface area contributed by atoms with Crippen molar-refractivity contribution < 1.29 is 18.9 Å². The lowest BCUT2D eigenvalue weighted by Crippen LogP contribution is -2.28. The minimum Gasteiger partial charge on any atom is -0.491 e. The molecule has 0 heterocycles. The van der Waals surface area contributed by atoms with Gasteiger partial charge in [-0.15, -0.1) is 0 Å². The Kier molecular flexibility index (Phi) is 10.2. The monoisotopic (exact) mass is 359 g/mol. The van der Waals surface area contributed by atoms with Crippen molar-refractivity contribution in [3.8, 4) is 11.5 Å². The maximum atomic E-state index is 5.59. The third-order valence-electron chi connectivity index (χ3n) is 3.71. The number of para-hydroxylation sites is 2. The van der Waals surface area contributed by atoms with Gasteiger partial charge in [0.25, 0.3) is 0 Å². The van der Waals surface area contributed by atoms with Gasteiger partial charge in [-0.25, -0.2) is 0 Å². The van der Waals surface area contributed by atoms with Crippen molar-refractivity contribution >= 4 is 0 Å². The molecule has 5 nitrogen and oxygen atoms in total. The Morgan fingerprint density at radius 1 is 0.577 bits per heavy atom. The summed E-state index contributed by atoms with van der Waals surface area (Å²) in [5.41, 5.74) is 0. The second kappa shape index (κ2) is 13.2. The molecule has 5 heteroatoms. The van der Waals surface area contributed by atoms with Crippen LogP contribution in [0.5, 0.6) is 11.5 Å². The maximum Gasteiger partial charge on any atom is 0.119 e. The van der Waals surface area contributed by atoms with Gasteiger partial charge in [-0.3, -0.25) is 0 Å². The molecule has 0 aliphatic carbocycles. The molecule has 0 saturated heterocycles. The van der Waals surface area contributed by atoms with Crippen LogP contribution in [0.4, 0.5) is 0 Å². The fraction of sp³-hybridized carbons (Fsp3) is 0.429. The molecule has 0 radical (unpaired) electrons. The SMILES string of the molecule is CN(CCOCCOc1ccccc1)CCOCCOc1ccccc1. The summed E-state index contributed by atoms with van der Waals surface area (Å²) in [6.07, 6.45) is 0. The third kappa shape index (κ3) is 9.42. The Balaban J connectivity index is 1.36. The Bertz CT molecular complexity index is 513. The van der Waals surface area contributed by atoms with Crippen LogP contribution in [0, 0.1) is 0 Å². The third-order valence-corrected chi connectivity index (χ3v) is 3.71. The molecule has 0 aliphatic rings. The van der Waals surface area contributed by atoms with E-state index in [1.807, 2.05) is 60.7 Å². The van der Waals surface area contributed by atoms with Gasteiger partial charge in [0.15, 0.2) is 0 Å². The number of rotatable bonds is 14. The minimum atomic E-state index is 0.568. The summed E-state index contributed by atoms with van der Waals surface area (Å²) in [7, 11) is 2.06. The van der Waals surface area contributed by atoms with Gasteiger partial charge in [-0.2, -0.15) is 0 Å². The largest absolute Gasteiger partial charge is 0.491 e. The fourth-order valence-electron chi connectivity index (χ4n) is 2.23. The lowest BCUT2D eigenvalue weighted by atomic mass is 10.3. The van der Waals surface area contributed by atoms with E-state index in [4.69, 9.17) is 18.9 Å². The van der Waals surface area contributed by atoms with Crippen LogP contribution < -0.4 is 9.47 Å². The molecule has 2 aromatic carbocycles. The molecule has 0 N–H and O–H groups in total. The van der Waals surface area contributed by atoms with Gasteiger partial charge in [-0.05, 0) is 31.3 Å². The molecule has 0 spiro atoms. The predicted octanol–water partition coefficient (Wildman–Crippen LogP) is 3.11. The fourth-order valence-corrected chi connectivity index (χ4v) is 2.23. The van der Waals surface area contributed by atoms with Crippen molar-refractivity contribution in [2.75, 3.05) is 59.8 Å². The van der Waals surface area contributed by atoms with Crippen LogP contribution in [0.15, 0.2) is 60.7 Å². The Hall–Kier alpha value is -2.08. The smallest absolute Gasteiger partial charge is 0.119 e. The second-order valence-electron chi connectivity index (χ2n) is 5.85. The second-order valence-corrected chi connectivity index (χ2v) is 5.85. The minimum absolute atomic E-state index is 0.568. The molecule has 0 aliphatic heterocycles. The van der Waals surface area contributed by atoms with E-state index < -0.39 is 0 Å². The van der Waals surface area contributed by atoms with Crippen molar-refractivity contribution in [1.82, 2.24) is 4.90 Å². The van der Waals surface area contributed by atoms with E-state index in [2.05, 4.69) is 11.9 Å². The van der Waals surface area contributed by atoms with Crippen LogP contribution in [-0.4, -0.2) is 64.7 Å². The van der Waals surface area contributed by atoms with Crippen LogP contribution in [0.3, 0.4) is 0 Å². The van der Waals surface area contributed by atoms with E-state index in [1.165, 1.54) is 0 Å². The highest BCUT2D eigenvalue weighted by atomic mass is 16.5. The highest BCUT2D eigenvalue weighted by molar-refractivity contribution is 5.21. The van der Waals surface area contributed by atoms with Gasteiger partial charge < -0.3 is 23.8 Å². The molecule has 0 amide bonds. The van der Waals surface area contributed by atoms with E-state index in [0.717, 1.165) is 24.6 Å². The normalized spacial score (nSPS) is 10.8. The topological polar surface area (TPSA) is 40.2 Å². The van der Waals surface area contributed by atoms with Crippen LogP contribution in [0.1, 0.15) is 0 Å². The number of nitrogens with zero attached hydrogens (tertiary/aromatic N) is 1. The van der Waals surface area contributed by atoms with Crippen molar-refractivity contribution in [3.05, 3.63) is 60.7 Å². The average molecular weight is 359 g/mol. The Morgan fingerprint density at radius 3 is 1.42 bits per heavy atom. The first-order valence-electron chi connectivity index (χ1n) is 9.04. The van der Waals surface area contributed by atoms with Crippen molar-refractivity contribution in [2.45, 2.75) is 0 Å². The number of ether oxygens (including phenoxy) is 4. The highest BCUT2D eigenvalue weighted by Gasteiger charge is 1.99. The Morgan fingerprint density at radius 2 is 1.00 bits per heavy atom. The van der Waals surface area contributed by atoms with E-state index in [-0.39, 0.29) is 0 Å². The molecular weight excluding hydrogens is 330 g/mol. The van der Waals surface area contributed by atoms with Crippen molar-refractivity contribution in [3.63, 3.8) is 0 Å². The summed E-state index contributed by atoms with van der Waals surface area (Å²) in [5, 5.41) is 0.